The minimum atomic E-state index is -0.878. The van der Waals surface area contributed by atoms with Crippen LogP contribution in [0.15, 0.2) is 36.5 Å². The summed E-state index contributed by atoms with van der Waals surface area (Å²) in [4.78, 5) is 18.4. The second-order valence-electron chi connectivity index (χ2n) is 12.7. The summed E-state index contributed by atoms with van der Waals surface area (Å²) in [5.41, 5.74) is 1.40. The van der Waals surface area contributed by atoms with Crippen LogP contribution in [-0.2, 0) is 11.2 Å². The van der Waals surface area contributed by atoms with Gasteiger partial charge in [-0.15, -0.1) is 0 Å². The number of phenolic OH excluding ortho intramolecular Hbond substituents is 1. The van der Waals surface area contributed by atoms with Gasteiger partial charge in [0.25, 0.3) is 0 Å². The molecule has 43 heavy (non-hydrogen) atoms. The number of phenols is 1. The van der Waals surface area contributed by atoms with Crippen molar-refractivity contribution in [2.75, 3.05) is 44.3 Å². The van der Waals surface area contributed by atoms with E-state index in [2.05, 4.69) is 26.7 Å². The average molecular weight is 588 g/mol. The molecule has 4 aliphatic rings. The molecule has 2 unspecified atom stereocenters. The smallest absolute Gasteiger partial charge is 0.319 e. The Kier molecular flexibility index (Phi) is 6.41. The van der Waals surface area contributed by atoms with Crippen LogP contribution in [0, 0.1) is 11.7 Å². The Balaban J connectivity index is 1.26. The summed E-state index contributed by atoms with van der Waals surface area (Å²) >= 11 is 0. The van der Waals surface area contributed by atoms with Crippen LogP contribution in [0.2, 0.25) is 0 Å². The molecule has 4 fully saturated rings. The highest BCUT2D eigenvalue weighted by Crippen LogP contribution is 2.42. The van der Waals surface area contributed by atoms with E-state index in [1.165, 1.54) is 0 Å². The molecule has 2 aromatic carbocycles. The zero-order valence-electron chi connectivity index (χ0n) is 24.2. The van der Waals surface area contributed by atoms with E-state index >= 15 is 4.39 Å². The average Bonchev–Trinajstić information content (AvgIpc) is 3.65. The van der Waals surface area contributed by atoms with E-state index in [4.69, 9.17) is 14.5 Å². The van der Waals surface area contributed by atoms with Crippen LogP contribution >= 0.6 is 0 Å². The van der Waals surface area contributed by atoms with Crippen molar-refractivity contribution < 1.29 is 23.4 Å². The molecule has 0 radical (unpaired) electrons. The maximum absolute atomic E-state index is 16.8. The predicted octanol–water partition coefficient (Wildman–Crippen LogP) is 5.43. The summed E-state index contributed by atoms with van der Waals surface area (Å²) in [5, 5.41) is 12.7. The van der Waals surface area contributed by atoms with Crippen molar-refractivity contribution >= 4 is 27.5 Å². The lowest BCUT2D eigenvalue weighted by atomic mass is 9.95. The van der Waals surface area contributed by atoms with Gasteiger partial charge in [-0.1, -0.05) is 25.1 Å². The van der Waals surface area contributed by atoms with Crippen LogP contribution in [0.3, 0.4) is 0 Å². The largest absolute Gasteiger partial charge is 0.508 e. The van der Waals surface area contributed by atoms with Crippen molar-refractivity contribution in [2.45, 2.75) is 56.8 Å². The monoisotopic (exact) mass is 587 g/mol. The number of aromatic hydroxyl groups is 1. The molecule has 0 saturated carbocycles. The fourth-order valence-corrected chi connectivity index (χ4v) is 7.97. The van der Waals surface area contributed by atoms with Crippen LogP contribution in [-0.4, -0.2) is 82.2 Å². The van der Waals surface area contributed by atoms with E-state index in [-0.39, 0.29) is 41.2 Å². The Morgan fingerprint density at radius 3 is 2.95 bits per heavy atom. The van der Waals surface area contributed by atoms with Gasteiger partial charge in [0.05, 0.1) is 23.6 Å². The molecule has 4 aliphatic heterocycles. The Morgan fingerprint density at radius 2 is 2.09 bits per heavy atom. The first-order valence-electron chi connectivity index (χ1n) is 15.4. The van der Waals surface area contributed by atoms with E-state index in [1.807, 2.05) is 18.2 Å². The van der Waals surface area contributed by atoms with Crippen molar-refractivity contribution in [2.24, 2.45) is 5.92 Å². The van der Waals surface area contributed by atoms with Crippen molar-refractivity contribution in [1.82, 2.24) is 19.9 Å². The van der Waals surface area contributed by atoms with Crippen molar-refractivity contribution in [3.63, 3.8) is 0 Å². The first-order valence-corrected chi connectivity index (χ1v) is 15.4. The third kappa shape index (κ3) is 4.49. The number of alkyl halides is 1. The van der Waals surface area contributed by atoms with Gasteiger partial charge in [-0.2, -0.15) is 9.97 Å². The lowest BCUT2D eigenvalue weighted by molar-refractivity contribution is 0.107. The van der Waals surface area contributed by atoms with Crippen LogP contribution in [0.25, 0.3) is 32.9 Å². The zero-order valence-corrected chi connectivity index (χ0v) is 24.2. The topological polar surface area (TPSA) is 83.8 Å². The molecule has 10 heteroatoms. The molecule has 4 atom stereocenters. The van der Waals surface area contributed by atoms with Gasteiger partial charge in [-0.05, 0) is 60.7 Å². The maximum atomic E-state index is 16.8. The van der Waals surface area contributed by atoms with E-state index in [9.17, 15) is 9.50 Å². The van der Waals surface area contributed by atoms with E-state index < -0.39 is 12.0 Å². The molecule has 1 N–H and O–H groups in total. The zero-order chi connectivity index (χ0) is 29.3. The van der Waals surface area contributed by atoms with Gasteiger partial charge in [-0.25, -0.2) is 8.78 Å². The number of aryl methyl sites for hydroxylation is 1. The summed E-state index contributed by atoms with van der Waals surface area (Å²) in [6.07, 6.45) is 4.88. The van der Waals surface area contributed by atoms with Crippen LogP contribution in [0.5, 0.6) is 11.8 Å². The number of rotatable bonds is 6. The van der Waals surface area contributed by atoms with E-state index in [0.717, 1.165) is 55.1 Å². The SMILES string of the molecule is CCc1cccc2cc(O)cc(-c3ncc4c(N5CC6COC(C6)C5)nc(OC[C@@]56CCCN5C[C@H](F)C6)nc4c3F)c12. The fraction of sp³-hybridized carbons (Fsp3) is 0.485. The number of halogens is 2. The first-order chi connectivity index (χ1) is 20.9. The van der Waals surface area contributed by atoms with E-state index in [1.54, 1.807) is 18.3 Å². The molecule has 4 saturated heterocycles. The highest BCUT2D eigenvalue weighted by atomic mass is 19.1. The van der Waals surface area contributed by atoms with Crippen LogP contribution in [0.1, 0.15) is 38.2 Å². The number of anilines is 1. The minimum absolute atomic E-state index is 0.0383. The summed E-state index contributed by atoms with van der Waals surface area (Å²) in [6, 6.07) is 9.19. The first kappa shape index (κ1) is 27.0. The summed E-state index contributed by atoms with van der Waals surface area (Å²) < 4.78 is 43.4. The van der Waals surface area contributed by atoms with Gasteiger partial charge in [0, 0.05) is 43.7 Å². The van der Waals surface area contributed by atoms with Crippen molar-refractivity contribution in [1.29, 1.82) is 0 Å². The molecule has 0 spiro atoms. The molecule has 8 rings (SSSR count). The Bertz CT molecular complexity index is 1720. The summed E-state index contributed by atoms with van der Waals surface area (Å²) in [5.74, 6) is 0.396. The number of hydrogen-bond donors (Lipinski definition) is 1. The van der Waals surface area contributed by atoms with Gasteiger partial charge >= 0.3 is 6.01 Å². The Morgan fingerprint density at radius 1 is 1.19 bits per heavy atom. The summed E-state index contributed by atoms with van der Waals surface area (Å²) in [6.45, 7) is 5.67. The van der Waals surface area contributed by atoms with Gasteiger partial charge in [-0.3, -0.25) is 9.88 Å². The second kappa shape index (κ2) is 10.2. The highest BCUT2D eigenvalue weighted by molar-refractivity contribution is 6.01. The summed E-state index contributed by atoms with van der Waals surface area (Å²) in [7, 11) is 0. The lowest BCUT2D eigenvalue weighted by Gasteiger charge is -2.33. The van der Waals surface area contributed by atoms with Gasteiger partial charge in [0.1, 0.15) is 35.6 Å². The predicted molar refractivity (Wildman–Crippen MR) is 160 cm³/mol. The van der Waals surface area contributed by atoms with Crippen molar-refractivity contribution in [3.05, 3.63) is 47.9 Å². The molecule has 224 valence electrons. The lowest BCUT2D eigenvalue weighted by Crippen LogP contribution is -2.43. The Labute approximate surface area is 248 Å². The molecule has 4 aromatic rings. The number of nitrogens with zero attached hydrogens (tertiary/aromatic N) is 5. The molecule has 0 aliphatic carbocycles. The third-order valence-electron chi connectivity index (χ3n) is 9.92. The number of hydrogen-bond acceptors (Lipinski definition) is 8. The number of aromatic nitrogens is 3. The van der Waals surface area contributed by atoms with Crippen LogP contribution in [0.4, 0.5) is 14.6 Å². The molecule has 8 nitrogen and oxygen atoms in total. The molecular weight excluding hydrogens is 552 g/mol. The molecule has 0 amide bonds. The van der Waals surface area contributed by atoms with Gasteiger partial charge < -0.3 is 19.5 Å². The van der Waals surface area contributed by atoms with Gasteiger partial charge in [0.15, 0.2) is 5.82 Å². The number of benzene rings is 2. The quantitative estimate of drug-likeness (QED) is 0.320. The standard InChI is InChI=1S/C33H35F2N5O3/c1-2-20-5-3-6-21-10-23(41)11-25(27(20)21)29-28(35)30-26(13-36-29)31(39-14-19-9-24(16-39)42-17-19)38-32(37-30)43-18-33-7-4-8-40(33)15-22(34)12-33/h3,5-6,10-11,13,19,22,24,41H,2,4,7-9,12,14-18H2,1H3/t19?,22-,24?,33+/m1/s1. The molecule has 2 aromatic heterocycles. The number of fused-ring (bicyclic) bond motifs is 5. The molecule has 2 bridgehead atoms. The molecule has 6 heterocycles. The molecular formula is C33H35F2N5O3. The number of ether oxygens (including phenoxy) is 2. The Hall–Kier alpha value is -3.63. The van der Waals surface area contributed by atoms with Crippen molar-refractivity contribution in [3.8, 4) is 23.0 Å². The third-order valence-corrected chi connectivity index (χ3v) is 9.92. The highest BCUT2D eigenvalue weighted by Gasteiger charge is 2.49. The maximum Gasteiger partial charge on any atom is 0.319 e. The normalized spacial score (nSPS) is 27.0. The van der Waals surface area contributed by atoms with Crippen LogP contribution < -0.4 is 9.64 Å². The number of pyridine rings is 1. The second-order valence-corrected chi connectivity index (χ2v) is 12.7. The van der Waals surface area contributed by atoms with E-state index in [0.29, 0.717) is 48.8 Å². The number of piperidine rings is 1. The fourth-order valence-electron chi connectivity index (χ4n) is 7.97. The minimum Gasteiger partial charge on any atom is -0.508 e. The van der Waals surface area contributed by atoms with Gasteiger partial charge in [0.2, 0.25) is 0 Å².